The van der Waals surface area contributed by atoms with Crippen LogP contribution in [-0.4, -0.2) is 47.8 Å². The van der Waals surface area contributed by atoms with Crippen LogP contribution in [0, 0.1) is 17.2 Å². The third-order valence-corrected chi connectivity index (χ3v) is 7.24. The number of carbonyl (C=O) groups is 1. The number of benzene rings is 1. The fourth-order valence-electron chi connectivity index (χ4n) is 5.08. The molecule has 5 nitrogen and oxygen atoms in total. The molecule has 1 unspecified atom stereocenters. The van der Waals surface area contributed by atoms with E-state index in [1.54, 1.807) is 0 Å². The highest BCUT2D eigenvalue weighted by molar-refractivity contribution is 8.93. The number of ketones is 1. The first-order valence-electron chi connectivity index (χ1n) is 12.3. The highest BCUT2D eigenvalue weighted by Gasteiger charge is 2.32. The molecule has 33 heavy (non-hydrogen) atoms. The van der Waals surface area contributed by atoms with Crippen molar-refractivity contribution in [1.29, 1.82) is 5.41 Å². The van der Waals surface area contributed by atoms with Gasteiger partial charge in [-0.15, -0.1) is 17.0 Å². The molecule has 0 aromatic heterocycles. The van der Waals surface area contributed by atoms with Gasteiger partial charge in [-0.05, 0) is 74.1 Å². The number of Topliss-reactive ketones (excluding diaryl/α,β-unsaturated/α-hetero) is 1. The Morgan fingerprint density at radius 1 is 1.03 bits per heavy atom. The number of phenols is 1. The molecule has 0 saturated carbocycles. The van der Waals surface area contributed by atoms with Gasteiger partial charge >= 0.3 is 0 Å². The van der Waals surface area contributed by atoms with Crippen molar-refractivity contribution in [2.24, 2.45) is 11.8 Å². The van der Waals surface area contributed by atoms with Gasteiger partial charge in [-0.3, -0.25) is 10.2 Å². The van der Waals surface area contributed by atoms with Crippen molar-refractivity contribution in [1.82, 2.24) is 10.2 Å². The molecule has 2 fully saturated rings. The standard InChI is InChI=1S/C27H43N3O2.BrH/c1-26(2,3)21-15-20(16-22(24(21)32)27(4,5)6)23(31)17-30-14-11-19(25(30)28)8-7-18-9-12-29-13-10-18;/h15-16,18-19,28-29,32H,7-14,17H2,1-6H3;1H. The second kappa shape index (κ2) is 10.9. The Kier molecular flexibility index (Phi) is 9.19. The number of piperidine rings is 1. The minimum atomic E-state index is -0.263. The number of halogens is 1. The fraction of sp³-hybridized carbons (Fsp3) is 0.704. The molecular formula is C27H44BrN3O2. The molecule has 0 spiro atoms. The van der Waals surface area contributed by atoms with E-state index in [0.717, 1.165) is 49.5 Å². The van der Waals surface area contributed by atoms with Gasteiger partial charge in [0.1, 0.15) is 5.75 Å². The predicted octanol–water partition coefficient (Wildman–Crippen LogP) is 5.83. The summed E-state index contributed by atoms with van der Waals surface area (Å²) in [5.74, 6) is 2.03. The van der Waals surface area contributed by atoms with E-state index in [-0.39, 0.29) is 46.1 Å². The van der Waals surface area contributed by atoms with Gasteiger partial charge in [-0.25, -0.2) is 0 Å². The van der Waals surface area contributed by atoms with Crippen LogP contribution in [0.1, 0.15) is 95.1 Å². The second-order valence-electron chi connectivity index (χ2n) is 11.9. The summed E-state index contributed by atoms with van der Waals surface area (Å²) in [5.41, 5.74) is 1.74. The first-order valence-corrected chi connectivity index (χ1v) is 12.3. The highest BCUT2D eigenvalue weighted by atomic mass is 79.9. The minimum absolute atomic E-state index is 0. The molecule has 1 atom stereocenters. The summed E-state index contributed by atoms with van der Waals surface area (Å²) in [6, 6.07) is 3.72. The number of nitrogens with one attached hydrogen (secondary N) is 2. The second-order valence-corrected chi connectivity index (χ2v) is 11.9. The zero-order chi connectivity index (χ0) is 23.7. The van der Waals surface area contributed by atoms with Gasteiger partial charge in [-0.1, -0.05) is 41.5 Å². The predicted molar refractivity (Wildman–Crippen MR) is 142 cm³/mol. The largest absolute Gasteiger partial charge is 0.507 e. The lowest BCUT2D eigenvalue weighted by Gasteiger charge is -2.28. The number of aromatic hydroxyl groups is 1. The van der Waals surface area contributed by atoms with Crippen molar-refractivity contribution in [2.75, 3.05) is 26.2 Å². The van der Waals surface area contributed by atoms with Crippen LogP contribution >= 0.6 is 17.0 Å². The number of hydrogen-bond acceptors (Lipinski definition) is 4. The zero-order valence-corrected chi connectivity index (χ0v) is 23.1. The minimum Gasteiger partial charge on any atom is -0.507 e. The number of nitrogens with zero attached hydrogens (tertiary/aromatic N) is 1. The molecule has 0 amide bonds. The van der Waals surface area contributed by atoms with Crippen LogP contribution in [-0.2, 0) is 10.8 Å². The van der Waals surface area contributed by atoms with E-state index >= 15 is 0 Å². The molecule has 2 aliphatic heterocycles. The molecule has 1 aromatic carbocycles. The van der Waals surface area contributed by atoms with E-state index in [1.165, 1.54) is 19.3 Å². The van der Waals surface area contributed by atoms with Crippen molar-refractivity contribution in [3.8, 4) is 5.75 Å². The summed E-state index contributed by atoms with van der Waals surface area (Å²) in [6.07, 6.45) is 5.73. The Hall–Kier alpha value is -1.40. The van der Waals surface area contributed by atoms with Crippen molar-refractivity contribution in [3.05, 3.63) is 28.8 Å². The maximum atomic E-state index is 13.3. The molecule has 0 radical (unpaired) electrons. The summed E-state index contributed by atoms with van der Waals surface area (Å²) < 4.78 is 0. The average Bonchev–Trinajstić information content (AvgIpc) is 3.05. The lowest BCUT2D eigenvalue weighted by Crippen LogP contribution is -2.33. The molecule has 0 bridgehead atoms. The van der Waals surface area contributed by atoms with Gasteiger partial charge in [0.15, 0.2) is 5.78 Å². The van der Waals surface area contributed by atoms with Crippen LogP contribution < -0.4 is 5.32 Å². The number of likely N-dealkylation sites (tertiary alicyclic amines) is 1. The maximum absolute atomic E-state index is 13.3. The van der Waals surface area contributed by atoms with Crippen LogP contribution in [0.2, 0.25) is 0 Å². The Morgan fingerprint density at radius 2 is 1.58 bits per heavy atom. The summed E-state index contributed by atoms with van der Waals surface area (Å²) in [6.45, 7) is 15.6. The normalized spacial score (nSPS) is 20.1. The number of phenolic OH excluding ortho intramolecular Hbond substituents is 1. The van der Waals surface area contributed by atoms with Gasteiger partial charge in [-0.2, -0.15) is 0 Å². The smallest absolute Gasteiger partial charge is 0.182 e. The van der Waals surface area contributed by atoms with Crippen molar-refractivity contribution < 1.29 is 9.90 Å². The average molecular weight is 523 g/mol. The number of amidine groups is 1. The van der Waals surface area contributed by atoms with Crippen LogP contribution in [0.3, 0.4) is 0 Å². The molecule has 1 aromatic rings. The Balaban J connectivity index is 0.00000385. The summed E-state index contributed by atoms with van der Waals surface area (Å²) in [5, 5.41) is 23.0. The zero-order valence-electron chi connectivity index (χ0n) is 21.4. The van der Waals surface area contributed by atoms with E-state index in [9.17, 15) is 9.90 Å². The summed E-state index contributed by atoms with van der Waals surface area (Å²) >= 11 is 0. The van der Waals surface area contributed by atoms with E-state index in [2.05, 4.69) is 46.9 Å². The van der Waals surface area contributed by atoms with Crippen LogP contribution in [0.5, 0.6) is 5.75 Å². The Bertz CT molecular complexity index is 813. The molecule has 2 aliphatic rings. The van der Waals surface area contributed by atoms with Crippen molar-refractivity contribution in [2.45, 2.75) is 84.5 Å². The summed E-state index contributed by atoms with van der Waals surface area (Å²) in [7, 11) is 0. The van der Waals surface area contributed by atoms with Crippen LogP contribution in [0.4, 0.5) is 0 Å². The number of carbonyl (C=O) groups excluding carboxylic acids is 1. The number of hydrogen-bond donors (Lipinski definition) is 3. The molecule has 3 rings (SSSR count). The van der Waals surface area contributed by atoms with Gasteiger partial charge in [0.05, 0.1) is 12.4 Å². The lowest BCUT2D eigenvalue weighted by atomic mass is 9.78. The third-order valence-electron chi connectivity index (χ3n) is 7.24. The molecule has 2 saturated heterocycles. The van der Waals surface area contributed by atoms with Gasteiger partial charge in [0.2, 0.25) is 0 Å². The lowest BCUT2D eigenvalue weighted by molar-refractivity contribution is 0.0965. The van der Waals surface area contributed by atoms with Crippen LogP contribution in [0.25, 0.3) is 0 Å². The van der Waals surface area contributed by atoms with E-state index in [1.807, 2.05) is 17.0 Å². The Morgan fingerprint density at radius 3 is 2.09 bits per heavy atom. The molecule has 3 N–H and O–H groups in total. The van der Waals surface area contributed by atoms with E-state index in [0.29, 0.717) is 17.1 Å². The van der Waals surface area contributed by atoms with Gasteiger partial charge in [0.25, 0.3) is 0 Å². The number of rotatable bonds is 6. The monoisotopic (exact) mass is 521 g/mol. The SMILES string of the molecule is Br.CC(C)(C)c1cc(C(=O)CN2CCC(CCC3CCNCC3)C2=N)cc(C(C)(C)C)c1O. The molecule has 6 heteroatoms. The quantitative estimate of drug-likeness (QED) is 0.411. The molecule has 2 heterocycles. The van der Waals surface area contributed by atoms with Gasteiger partial charge < -0.3 is 15.3 Å². The topological polar surface area (TPSA) is 76.4 Å². The third kappa shape index (κ3) is 6.82. The maximum Gasteiger partial charge on any atom is 0.182 e. The first kappa shape index (κ1) is 27.8. The van der Waals surface area contributed by atoms with E-state index < -0.39 is 0 Å². The molecule has 0 aliphatic carbocycles. The Labute approximate surface area is 211 Å². The van der Waals surface area contributed by atoms with Crippen molar-refractivity contribution >= 4 is 28.6 Å². The highest BCUT2D eigenvalue weighted by Crippen LogP contribution is 2.40. The molecule has 186 valence electrons. The fourth-order valence-corrected chi connectivity index (χ4v) is 5.08. The van der Waals surface area contributed by atoms with Crippen LogP contribution in [0.15, 0.2) is 12.1 Å². The van der Waals surface area contributed by atoms with E-state index in [4.69, 9.17) is 5.41 Å². The summed E-state index contributed by atoms with van der Waals surface area (Å²) in [4.78, 5) is 15.3. The van der Waals surface area contributed by atoms with Crippen molar-refractivity contribution in [3.63, 3.8) is 0 Å². The molecular weight excluding hydrogens is 478 g/mol. The van der Waals surface area contributed by atoms with Gasteiger partial charge in [0, 0.05) is 29.2 Å². The first-order chi connectivity index (χ1) is 14.9.